The second-order valence-corrected chi connectivity index (χ2v) is 8.70. The molecule has 4 aromatic rings. The van der Waals surface area contributed by atoms with E-state index in [2.05, 4.69) is 25.1 Å². The molecule has 2 aromatic heterocycles. The monoisotopic (exact) mass is 483 g/mol. The molecule has 3 heterocycles. The third kappa shape index (κ3) is 5.05. The summed E-state index contributed by atoms with van der Waals surface area (Å²) in [5.41, 5.74) is 4.30. The maximum Gasteiger partial charge on any atom is 0.256 e. The van der Waals surface area contributed by atoms with Crippen LogP contribution in [-0.2, 0) is 0 Å². The number of rotatable bonds is 6. The van der Waals surface area contributed by atoms with Gasteiger partial charge in [0.15, 0.2) is 0 Å². The van der Waals surface area contributed by atoms with E-state index in [1.807, 2.05) is 73.6 Å². The Bertz CT molecular complexity index is 1310. The Hall–Kier alpha value is -4.27. The number of anilines is 1. The normalized spacial score (nSPS) is 13.9. The van der Waals surface area contributed by atoms with Crippen LogP contribution in [0, 0.1) is 6.92 Å². The Balaban J connectivity index is 1.27. The molecule has 5 rings (SSSR count). The van der Waals surface area contributed by atoms with E-state index in [9.17, 15) is 4.79 Å². The van der Waals surface area contributed by atoms with Crippen molar-refractivity contribution in [3.8, 4) is 22.6 Å². The van der Waals surface area contributed by atoms with Crippen LogP contribution < -0.4 is 9.64 Å². The number of carbonyl (C=O) groups is 1. The van der Waals surface area contributed by atoms with Crippen molar-refractivity contribution in [1.82, 2.24) is 29.9 Å². The van der Waals surface area contributed by atoms with E-state index >= 15 is 0 Å². The number of aryl methyl sites for hydroxylation is 1. The number of nitrogens with zero attached hydrogens (tertiary/aromatic N) is 7. The molecule has 1 amide bonds. The predicted octanol–water partition coefficient (Wildman–Crippen LogP) is 3.78. The minimum absolute atomic E-state index is 0.0142. The van der Waals surface area contributed by atoms with E-state index in [0.29, 0.717) is 43.4 Å². The molecular weight excluding hydrogens is 454 g/mol. The highest BCUT2D eigenvalue weighted by Crippen LogP contribution is 2.23. The van der Waals surface area contributed by atoms with Gasteiger partial charge in [-0.3, -0.25) is 4.79 Å². The Morgan fingerprint density at radius 3 is 2.39 bits per heavy atom. The maximum absolute atomic E-state index is 13.5. The first-order chi connectivity index (χ1) is 17.6. The van der Waals surface area contributed by atoms with E-state index in [1.54, 1.807) is 12.4 Å². The molecule has 0 saturated carbocycles. The highest BCUT2D eigenvalue weighted by Gasteiger charge is 2.24. The smallest absolute Gasteiger partial charge is 0.256 e. The van der Waals surface area contributed by atoms with E-state index in [4.69, 9.17) is 4.74 Å². The Labute approximate surface area is 210 Å². The number of carbonyl (C=O) groups excluding carboxylic acids is 1. The summed E-state index contributed by atoms with van der Waals surface area (Å²) in [7, 11) is 0. The molecular formula is C27H29N7O2. The van der Waals surface area contributed by atoms with Crippen LogP contribution in [0.25, 0.3) is 16.8 Å². The second-order valence-electron chi connectivity index (χ2n) is 8.70. The fourth-order valence-electron chi connectivity index (χ4n) is 4.37. The molecule has 9 nitrogen and oxygen atoms in total. The van der Waals surface area contributed by atoms with Crippen molar-refractivity contribution in [2.75, 3.05) is 37.7 Å². The molecule has 9 heteroatoms. The van der Waals surface area contributed by atoms with Crippen LogP contribution in [0.4, 0.5) is 5.95 Å². The van der Waals surface area contributed by atoms with E-state index in [0.717, 1.165) is 35.4 Å². The van der Waals surface area contributed by atoms with Crippen molar-refractivity contribution >= 4 is 11.9 Å². The lowest BCUT2D eigenvalue weighted by molar-refractivity contribution is 0.0766. The van der Waals surface area contributed by atoms with Crippen LogP contribution in [0.1, 0.15) is 29.3 Å². The first kappa shape index (κ1) is 23.5. The molecule has 0 aliphatic carbocycles. The number of hydrogen-bond acceptors (Lipinski definition) is 7. The van der Waals surface area contributed by atoms with Crippen LogP contribution in [0.2, 0.25) is 0 Å². The Kier molecular flexibility index (Phi) is 6.88. The molecule has 0 atom stereocenters. The number of amides is 1. The highest BCUT2D eigenvalue weighted by molar-refractivity contribution is 5.98. The van der Waals surface area contributed by atoms with Crippen LogP contribution >= 0.6 is 0 Å². The van der Waals surface area contributed by atoms with E-state index in [-0.39, 0.29) is 5.91 Å². The fraction of sp³-hybridized carbons (Fsp3) is 0.296. The average molecular weight is 484 g/mol. The lowest BCUT2D eigenvalue weighted by Crippen LogP contribution is -2.36. The molecule has 0 radical (unpaired) electrons. The molecule has 0 spiro atoms. The minimum atomic E-state index is -0.0142. The zero-order valence-corrected chi connectivity index (χ0v) is 20.5. The first-order valence-electron chi connectivity index (χ1n) is 12.2. The third-order valence-corrected chi connectivity index (χ3v) is 6.22. The predicted molar refractivity (Wildman–Crippen MR) is 137 cm³/mol. The van der Waals surface area contributed by atoms with E-state index < -0.39 is 0 Å². The largest absolute Gasteiger partial charge is 0.494 e. The number of hydrogen-bond donors (Lipinski definition) is 0. The van der Waals surface area contributed by atoms with Crippen molar-refractivity contribution < 1.29 is 9.53 Å². The summed E-state index contributed by atoms with van der Waals surface area (Å²) in [5.74, 6) is 1.51. The molecule has 1 saturated heterocycles. The van der Waals surface area contributed by atoms with Gasteiger partial charge in [-0.25, -0.2) is 9.97 Å². The van der Waals surface area contributed by atoms with Gasteiger partial charge < -0.3 is 14.5 Å². The molecule has 1 aliphatic heterocycles. The van der Waals surface area contributed by atoms with Crippen molar-refractivity contribution in [1.29, 1.82) is 0 Å². The Morgan fingerprint density at radius 1 is 0.917 bits per heavy atom. The number of ether oxygens (including phenoxy) is 1. The summed E-state index contributed by atoms with van der Waals surface area (Å²) in [6.45, 7) is 7.29. The van der Waals surface area contributed by atoms with Gasteiger partial charge in [-0.2, -0.15) is 15.0 Å². The van der Waals surface area contributed by atoms with Crippen molar-refractivity contribution in [2.24, 2.45) is 0 Å². The lowest BCUT2D eigenvalue weighted by atomic mass is 10.1. The fourth-order valence-corrected chi connectivity index (χ4v) is 4.37. The average Bonchev–Trinajstić information content (AvgIpc) is 3.33. The van der Waals surface area contributed by atoms with Gasteiger partial charge in [0.2, 0.25) is 5.95 Å². The summed E-state index contributed by atoms with van der Waals surface area (Å²) < 4.78 is 5.52. The summed E-state index contributed by atoms with van der Waals surface area (Å²) in [5, 5.41) is 8.44. The van der Waals surface area contributed by atoms with Crippen LogP contribution in [0.3, 0.4) is 0 Å². The Morgan fingerprint density at radius 2 is 1.67 bits per heavy atom. The molecule has 36 heavy (non-hydrogen) atoms. The van der Waals surface area contributed by atoms with Gasteiger partial charge in [-0.05, 0) is 50.1 Å². The van der Waals surface area contributed by atoms with Crippen molar-refractivity contribution in [3.05, 3.63) is 78.4 Å². The van der Waals surface area contributed by atoms with Gasteiger partial charge in [0, 0.05) is 44.1 Å². The molecule has 2 aromatic carbocycles. The second kappa shape index (κ2) is 10.6. The number of benzene rings is 2. The molecule has 0 N–H and O–H groups in total. The molecule has 1 aliphatic rings. The lowest BCUT2D eigenvalue weighted by Gasteiger charge is -2.23. The van der Waals surface area contributed by atoms with Crippen LogP contribution in [0.5, 0.6) is 5.75 Å². The van der Waals surface area contributed by atoms with Gasteiger partial charge in [-0.15, -0.1) is 0 Å². The van der Waals surface area contributed by atoms with Gasteiger partial charge in [0.05, 0.1) is 30.3 Å². The molecule has 0 unspecified atom stereocenters. The summed E-state index contributed by atoms with van der Waals surface area (Å²) in [4.78, 5) is 28.3. The summed E-state index contributed by atoms with van der Waals surface area (Å²) in [6, 6.07) is 13.7. The topological polar surface area (TPSA) is 89.3 Å². The van der Waals surface area contributed by atoms with Crippen LogP contribution in [-0.4, -0.2) is 68.6 Å². The van der Waals surface area contributed by atoms with Gasteiger partial charge in [0.1, 0.15) is 5.75 Å². The third-order valence-electron chi connectivity index (χ3n) is 6.22. The maximum atomic E-state index is 13.5. The SMILES string of the molecule is CCOc1ccc(-c2cnc(N3CCCN(C(=O)c4cc(C)ccc4-n4nccn4)CC3)nc2)cc1. The molecule has 1 fully saturated rings. The summed E-state index contributed by atoms with van der Waals surface area (Å²) in [6.07, 6.45) is 7.75. The quantitative estimate of drug-likeness (QED) is 0.412. The van der Waals surface area contributed by atoms with E-state index in [1.165, 1.54) is 4.80 Å². The standard InChI is InChI=1S/C27H29N7O2/c1-3-36-23-8-6-21(7-9-23)22-18-28-27(29-19-22)33-14-4-13-32(15-16-33)26(35)24-17-20(2)5-10-25(24)34-30-11-12-31-34/h5-12,17-19H,3-4,13-16H2,1-2H3. The van der Waals surface area contributed by atoms with Crippen LogP contribution in [0.15, 0.2) is 67.3 Å². The zero-order chi connectivity index (χ0) is 24.9. The first-order valence-corrected chi connectivity index (χ1v) is 12.2. The molecule has 0 bridgehead atoms. The molecule has 184 valence electrons. The number of aromatic nitrogens is 5. The van der Waals surface area contributed by atoms with Gasteiger partial charge in [-0.1, -0.05) is 23.8 Å². The van der Waals surface area contributed by atoms with Crippen molar-refractivity contribution in [2.45, 2.75) is 20.3 Å². The highest BCUT2D eigenvalue weighted by atomic mass is 16.5. The van der Waals surface area contributed by atoms with Gasteiger partial charge >= 0.3 is 0 Å². The zero-order valence-electron chi connectivity index (χ0n) is 20.5. The summed E-state index contributed by atoms with van der Waals surface area (Å²) >= 11 is 0. The van der Waals surface area contributed by atoms with Gasteiger partial charge in [0.25, 0.3) is 5.91 Å². The van der Waals surface area contributed by atoms with Crippen molar-refractivity contribution in [3.63, 3.8) is 0 Å². The minimum Gasteiger partial charge on any atom is -0.494 e.